The SMILES string of the molecule is Cc1ccccc1N=Nc1c(C)nc2ccc(C(F)(F)F)cn12. The van der Waals surface area contributed by atoms with E-state index in [1.165, 1.54) is 10.5 Å². The van der Waals surface area contributed by atoms with Gasteiger partial charge in [-0.3, -0.25) is 4.40 Å². The second-order valence-electron chi connectivity index (χ2n) is 5.15. The molecular formula is C16H13F3N4. The van der Waals surface area contributed by atoms with Crippen LogP contribution >= 0.6 is 0 Å². The largest absolute Gasteiger partial charge is 0.417 e. The van der Waals surface area contributed by atoms with Crippen molar-refractivity contribution in [1.29, 1.82) is 0 Å². The molecule has 3 aromatic rings. The molecule has 0 spiro atoms. The molecule has 7 heteroatoms. The topological polar surface area (TPSA) is 42.0 Å². The highest BCUT2D eigenvalue weighted by Crippen LogP contribution is 2.31. The van der Waals surface area contributed by atoms with Crippen LogP contribution in [-0.2, 0) is 6.18 Å². The maximum atomic E-state index is 12.9. The number of azo groups is 1. The molecule has 0 unspecified atom stereocenters. The molecule has 0 N–H and O–H groups in total. The van der Waals surface area contributed by atoms with Crippen molar-refractivity contribution in [3.05, 3.63) is 59.4 Å². The van der Waals surface area contributed by atoms with Crippen LogP contribution in [0.1, 0.15) is 16.8 Å². The van der Waals surface area contributed by atoms with Crippen molar-refractivity contribution in [1.82, 2.24) is 9.38 Å². The van der Waals surface area contributed by atoms with Crippen molar-refractivity contribution in [2.24, 2.45) is 10.2 Å². The van der Waals surface area contributed by atoms with Gasteiger partial charge in [-0.15, -0.1) is 10.2 Å². The highest BCUT2D eigenvalue weighted by atomic mass is 19.4. The van der Waals surface area contributed by atoms with Gasteiger partial charge in [-0.05, 0) is 37.6 Å². The van der Waals surface area contributed by atoms with Crippen LogP contribution < -0.4 is 0 Å². The van der Waals surface area contributed by atoms with Gasteiger partial charge in [0.2, 0.25) is 0 Å². The second-order valence-corrected chi connectivity index (χ2v) is 5.15. The third-order valence-electron chi connectivity index (χ3n) is 3.46. The normalized spacial score (nSPS) is 12.4. The van der Waals surface area contributed by atoms with Gasteiger partial charge in [0.25, 0.3) is 0 Å². The van der Waals surface area contributed by atoms with Crippen LogP contribution in [0.25, 0.3) is 5.65 Å². The molecule has 3 rings (SSSR count). The van der Waals surface area contributed by atoms with Crippen LogP contribution in [0.2, 0.25) is 0 Å². The number of hydrogen-bond donors (Lipinski definition) is 0. The van der Waals surface area contributed by atoms with Crippen molar-refractivity contribution >= 4 is 17.2 Å². The van der Waals surface area contributed by atoms with Crippen LogP contribution in [0.15, 0.2) is 52.8 Å². The number of hydrogen-bond acceptors (Lipinski definition) is 3. The van der Waals surface area contributed by atoms with Gasteiger partial charge in [0.05, 0.1) is 16.9 Å². The molecule has 0 bridgehead atoms. The first-order valence-corrected chi connectivity index (χ1v) is 6.89. The minimum Gasteiger partial charge on any atom is -0.282 e. The first-order chi connectivity index (χ1) is 10.9. The van der Waals surface area contributed by atoms with Crippen molar-refractivity contribution in [3.8, 4) is 0 Å². The number of nitrogens with zero attached hydrogens (tertiary/aromatic N) is 4. The number of aromatic nitrogens is 2. The van der Waals surface area contributed by atoms with E-state index >= 15 is 0 Å². The van der Waals surface area contributed by atoms with Gasteiger partial charge in [0.15, 0.2) is 5.82 Å². The minimum atomic E-state index is -4.42. The van der Waals surface area contributed by atoms with E-state index in [0.717, 1.165) is 17.8 Å². The quantitative estimate of drug-likeness (QED) is 0.584. The molecule has 4 nitrogen and oxygen atoms in total. The molecular weight excluding hydrogens is 305 g/mol. The van der Waals surface area contributed by atoms with E-state index in [-0.39, 0.29) is 5.82 Å². The summed E-state index contributed by atoms with van der Waals surface area (Å²) >= 11 is 0. The number of imidazole rings is 1. The lowest BCUT2D eigenvalue weighted by Gasteiger charge is -2.07. The third-order valence-corrected chi connectivity index (χ3v) is 3.46. The molecule has 0 aliphatic carbocycles. The van der Waals surface area contributed by atoms with Gasteiger partial charge in [0, 0.05) is 6.20 Å². The van der Waals surface area contributed by atoms with Crippen LogP contribution in [0, 0.1) is 13.8 Å². The fourth-order valence-corrected chi connectivity index (χ4v) is 2.21. The van der Waals surface area contributed by atoms with Gasteiger partial charge in [-0.25, -0.2) is 4.98 Å². The van der Waals surface area contributed by atoms with E-state index < -0.39 is 11.7 Å². The molecule has 0 aliphatic heterocycles. The standard InChI is InChI=1S/C16H13F3N4/c1-10-5-3-4-6-13(10)21-22-15-11(2)20-14-8-7-12(9-23(14)15)16(17,18)19/h3-9H,1-2H3. The number of pyridine rings is 1. The summed E-state index contributed by atoms with van der Waals surface area (Å²) in [5, 5.41) is 8.24. The molecule has 0 amide bonds. The Morgan fingerprint density at radius 3 is 2.43 bits per heavy atom. The number of rotatable bonds is 2. The number of alkyl halides is 3. The predicted octanol–water partition coefficient (Wildman–Crippen LogP) is 5.39. The van der Waals surface area contributed by atoms with Crippen molar-refractivity contribution in [3.63, 3.8) is 0 Å². The smallest absolute Gasteiger partial charge is 0.282 e. The lowest BCUT2D eigenvalue weighted by molar-refractivity contribution is -0.137. The van der Waals surface area contributed by atoms with Gasteiger partial charge < -0.3 is 0 Å². The van der Waals surface area contributed by atoms with Crippen molar-refractivity contribution in [2.75, 3.05) is 0 Å². The van der Waals surface area contributed by atoms with E-state index in [9.17, 15) is 13.2 Å². The maximum Gasteiger partial charge on any atom is 0.417 e. The summed E-state index contributed by atoms with van der Waals surface area (Å²) in [5.74, 6) is 0.286. The summed E-state index contributed by atoms with van der Waals surface area (Å²) in [4.78, 5) is 4.21. The van der Waals surface area contributed by atoms with Crippen LogP contribution in [0.3, 0.4) is 0 Å². The molecule has 23 heavy (non-hydrogen) atoms. The second kappa shape index (κ2) is 5.49. The molecule has 0 saturated heterocycles. The first-order valence-electron chi connectivity index (χ1n) is 6.89. The molecule has 118 valence electrons. The zero-order valence-electron chi connectivity index (χ0n) is 12.5. The number of halogens is 3. The highest BCUT2D eigenvalue weighted by molar-refractivity contribution is 5.53. The van der Waals surface area contributed by atoms with Crippen molar-refractivity contribution < 1.29 is 13.2 Å². The van der Waals surface area contributed by atoms with Gasteiger partial charge in [-0.2, -0.15) is 13.2 Å². The molecule has 2 aromatic heterocycles. The van der Waals surface area contributed by atoms with Gasteiger partial charge in [-0.1, -0.05) is 18.2 Å². The Bertz CT molecular complexity index is 894. The van der Waals surface area contributed by atoms with Crippen LogP contribution in [-0.4, -0.2) is 9.38 Å². The Kier molecular flexibility index (Phi) is 3.63. The Balaban J connectivity index is 2.10. The highest BCUT2D eigenvalue weighted by Gasteiger charge is 2.31. The van der Waals surface area contributed by atoms with Gasteiger partial charge in [0.1, 0.15) is 5.65 Å². The fraction of sp³-hybridized carbons (Fsp3) is 0.188. The average Bonchev–Trinajstić information content (AvgIpc) is 2.80. The van der Waals surface area contributed by atoms with E-state index in [4.69, 9.17) is 0 Å². The zero-order chi connectivity index (χ0) is 16.6. The molecule has 0 fully saturated rings. The Morgan fingerprint density at radius 2 is 1.74 bits per heavy atom. The average molecular weight is 318 g/mol. The summed E-state index contributed by atoms with van der Waals surface area (Å²) < 4.78 is 39.9. The summed E-state index contributed by atoms with van der Waals surface area (Å²) in [6, 6.07) is 9.70. The summed E-state index contributed by atoms with van der Waals surface area (Å²) in [6.07, 6.45) is -3.43. The van der Waals surface area contributed by atoms with Crippen molar-refractivity contribution in [2.45, 2.75) is 20.0 Å². The maximum absolute atomic E-state index is 12.9. The monoisotopic (exact) mass is 318 g/mol. The first kappa shape index (κ1) is 15.2. The summed E-state index contributed by atoms with van der Waals surface area (Å²) in [6.45, 7) is 3.57. The molecule has 0 aliphatic rings. The van der Waals surface area contributed by atoms with Crippen LogP contribution in [0.5, 0.6) is 0 Å². The zero-order valence-corrected chi connectivity index (χ0v) is 12.5. The van der Waals surface area contributed by atoms with E-state index in [0.29, 0.717) is 17.0 Å². The minimum absolute atomic E-state index is 0.286. The molecule has 2 heterocycles. The number of benzene rings is 1. The van der Waals surface area contributed by atoms with Crippen LogP contribution in [0.4, 0.5) is 24.7 Å². The predicted molar refractivity (Wildman–Crippen MR) is 80.3 cm³/mol. The lowest BCUT2D eigenvalue weighted by Crippen LogP contribution is -2.06. The number of aryl methyl sites for hydroxylation is 2. The molecule has 0 saturated carbocycles. The Labute approximate surface area is 130 Å². The fourth-order valence-electron chi connectivity index (χ4n) is 2.21. The summed E-state index contributed by atoms with van der Waals surface area (Å²) in [5.41, 5.74) is 1.75. The Hall–Kier alpha value is -2.70. The van der Waals surface area contributed by atoms with Gasteiger partial charge >= 0.3 is 6.18 Å². The third kappa shape index (κ3) is 2.94. The van der Waals surface area contributed by atoms with E-state index in [1.54, 1.807) is 13.0 Å². The summed E-state index contributed by atoms with van der Waals surface area (Å²) in [7, 11) is 0. The lowest BCUT2D eigenvalue weighted by atomic mass is 10.2. The molecule has 0 atom stereocenters. The number of fused-ring (bicyclic) bond motifs is 1. The Morgan fingerprint density at radius 1 is 1.00 bits per heavy atom. The molecule has 0 radical (unpaired) electrons. The van der Waals surface area contributed by atoms with E-state index in [1.807, 2.05) is 25.1 Å². The molecule has 1 aromatic carbocycles. The van der Waals surface area contributed by atoms with E-state index in [2.05, 4.69) is 15.2 Å².